The second-order valence-corrected chi connectivity index (χ2v) is 9.67. The topological polar surface area (TPSA) is 30.7 Å². The van der Waals surface area contributed by atoms with Gasteiger partial charge in [0.2, 0.25) is 0 Å². The van der Waals surface area contributed by atoms with Gasteiger partial charge in [0.25, 0.3) is 0 Å². The van der Waals surface area contributed by atoms with Crippen molar-refractivity contribution in [3.8, 4) is 5.82 Å². The zero-order valence-electron chi connectivity index (χ0n) is 15.9. The van der Waals surface area contributed by atoms with Gasteiger partial charge in [-0.3, -0.25) is 0 Å². The Morgan fingerprint density at radius 3 is 2.30 bits per heavy atom. The summed E-state index contributed by atoms with van der Waals surface area (Å²) < 4.78 is 5.15. The van der Waals surface area contributed by atoms with Gasteiger partial charge in [0.1, 0.15) is 0 Å². The molecule has 0 unspecified atom stereocenters. The second-order valence-electron chi connectivity index (χ2n) is 7.47. The Bertz CT molecular complexity index is 1740. The van der Waals surface area contributed by atoms with Gasteiger partial charge in [-0.25, -0.2) is 0 Å². The standard InChI is InChI=1S/C26H15N3Se/c1-3-11-19-16(8-1)22-18-10-7-15-28-24(18)26-23(17-9-2-4-12-20(17)30-26)25(22)29(19)21-13-5-6-14-27-21/h1-15H. The van der Waals surface area contributed by atoms with Crippen LogP contribution in [0.15, 0.2) is 91.3 Å². The fourth-order valence-electron chi connectivity index (χ4n) is 4.71. The molecule has 0 fully saturated rings. The molecule has 0 radical (unpaired) electrons. The van der Waals surface area contributed by atoms with Gasteiger partial charge in [0.05, 0.1) is 0 Å². The molecule has 140 valence electrons. The first-order chi connectivity index (χ1) is 14.9. The molecule has 0 spiro atoms. The van der Waals surface area contributed by atoms with E-state index in [9.17, 15) is 0 Å². The molecule has 7 rings (SSSR count). The summed E-state index contributed by atoms with van der Waals surface area (Å²) in [6, 6.07) is 27.9. The fraction of sp³-hybridized carbons (Fsp3) is 0. The summed E-state index contributed by atoms with van der Waals surface area (Å²) in [4.78, 5) is 9.60. The number of hydrogen-bond donors (Lipinski definition) is 0. The van der Waals surface area contributed by atoms with Crippen molar-refractivity contribution in [2.45, 2.75) is 0 Å². The van der Waals surface area contributed by atoms with Gasteiger partial charge in [-0.1, -0.05) is 0 Å². The maximum absolute atomic E-state index is 4.87. The number of benzene rings is 3. The van der Waals surface area contributed by atoms with Gasteiger partial charge in [0, 0.05) is 0 Å². The Labute approximate surface area is 178 Å². The van der Waals surface area contributed by atoms with Gasteiger partial charge in [-0.05, 0) is 0 Å². The average molecular weight is 448 g/mol. The molecular formula is C26H15N3Se. The van der Waals surface area contributed by atoms with Crippen LogP contribution in [0.2, 0.25) is 0 Å². The van der Waals surface area contributed by atoms with E-state index >= 15 is 0 Å². The average Bonchev–Trinajstić information content (AvgIpc) is 3.36. The van der Waals surface area contributed by atoms with Gasteiger partial charge in [-0.2, -0.15) is 0 Å². The van der Waals surface area contributed by atoms with Crippen molar-refractivity contribution in [1.29, 1.82) is 0 Å². The van der Waals surface area contributed by atoms with Crippen molar-refractivity contribution < 1.29 is 0 Å². The van der Waals surface area contributed by atoms with E-state index in [1.165, 1.54) is 46.5 Å². The maximum atomic E-state index is 4.87. The number of fused-ring (bicyclic) bond motifs is 10. The molecule has 0 N–H and O–H groups in total. The first-order valence-corrected chi connectivity index (χ1v) is 11.7. The Morgan fingerprint density at radius 2 is 1.40 bits per heavy atom. The van der Waals surface area contributed by atoms with Crippen LogP contribution in [0.25, 0.3) is 57.8 Å². The molecule has 4 heterocycles. The van der Waals surface area contributed by atoms with Crippen LogP contribution in [-0.2, 0) is 0 Å². The van der Waals surface area contributed by atoms with Crippen LogP contribution in [-0.4, -0.2) is 29.0 Å². The first kappa shape index (κ1) is 16.3. The van der Waals surface area contributed by atoms with E-state index in [1.54, 1.807) is 0 Å². The van der Waals surface area contributed by atoms with Crippen molar-refractivity contribution in [1.82, 2.24) is 14.5 Å². The van der Waals surface area contributed by atoms with Crippen LogP contribution in [0, 0.1) is 0 Å². The van der Waals surface area contributed by atoms with Crippen molar-refractivity contribution in [2.75, 3.05) is 0 Å². The summed E-state index contributed by atoms with van der Waals surface area (Å²) in [5, 5.41) is 6.41. The van der Waals surface area contributed by atoms with E-state index in [2.05, 4.69) is 77.4 Å². The minimum absolute atomic E-state index is 0.234. The number of rotatable bonds is 1. The number of pyridine rings is 2. The van der Waals surface area contributed by atoms with Crippen LogP contribution in [0.3, 0.4) is 0 Å². The molecule has 0 aliphatic rings. The zero-order chi connectivity index (χ0) is 19.7. The normalized spacial score (nSPS) is 12.0. The van der Waals surface area contributed by atoms with Crippen molar-refractivity contribution >= 4 is 66.5 Å². The van der Waals surface area contributed by atoms with Crippen LogP contribution in [0.4, 0.5) is 0 Å². The molecule has 3 aromatic carbocycles. The van der Waals surface area contributed by atoms with E-state index in [-0.39, 0.29) is 14.5 Å². The summed E-state index contributed by atoms with van der Waals surface area (Å²) in [5.74, 6) is 0.950. The Morgan fingerprint density at radius 1 is 0.633 bits per heavy atom. The molecule has 0 amide bonds. The molecule has 0 saturated heterocycles. The summed E-state index contributed by atoms with van der Waals surface area (Å²) in [7, 11) is 0. The third-order valence-electron chi connectivity index (χ3n) is 5.88. The molecule has 0 atom stereocenters. The summed E-state index contributed by atoms with van der Waals surface area (Å²) in [6.45, 7) is 0. The molecule has 0 aliphatic heterocycles. The van der Waals surface area contributed by atoms with E-state index < -0.39 is 0 Å². The Hall–Kier alpha value is -3.46. The molecule has 4 heteroatoms. The number of nitrogens with zero attached hydrogens (tertiary/aromatic N) is 3. The number of aromatic nitrogens is 3. The second kappa shape index (κ2) is 6.02. The number of para-hydroxylation sites is 1. The third kappa shape index (κ3) is 2.05. The molecule has 0 saturated carbocycles. The van der Waals surface area contributed by atoms with E-state index in [0.717, 1.165) is 11.3 Å². The summed E-state index contributed by atoms with van der Waals surface area (Å²) in [6.07, 6.45) is 3.79. The molecule has 3 nitrogen and oxygen atoms in total. The predicted molar refractivity (Wildman–Crippen MR) is 126 cm³/mol. The van der Waals surface area contributed by atoms with Crippen LogP contribution < -0.4 is 0 Å². The Kier molecular flexibility index (Phi) is 3.28. The molecule has 0 bridgehead atoms. The first-order valence-electron chi connectivity index (χ1n) is 9.94. The zero-order valence-corrected chi connectivity index (χ0v) is 17.6. The fourth-order valence-corrected chi connectivity index (χ4v) is 7.26. The van der Waals surface area contributed by atoms with Crippen LogP contribution >= 0.6 is 0 Å². The molecule has 0 aliphatic carbocycles. The van der Waals surface area contributed by atoms with Crippen molar-refractivity contribution in [3.05, 3.63) is 91.3 Å². The van der Waals surface area contributed by atoms with Crippen molar-refractivity contribution in [2.24, 2.45) is 0 Å². The quantitative estimate of drug-likeness (QED) is 0.285. The van der Waals surface area contributed by atoms with Gasteiger partial charge in [-0.15, -0.1) is 0 Å². The van der Waals surface area contributed by atoms with Gasteiger partial charge >= 0.3 is 178 Å². The molecule has 7 aromatic rings. The Balaban J connectivity index is 1.91. The van der Waals surface area contributed by atoms with Gasteiger partial charge in [0.15, 0.2) is 0 Å². The molecule has 30 heavy (non-hydrogen) atoms. The number of hydrogen-bond acceptors (Lipinski definition) is 2. The van der Waals surface area contributed by atoms with Gasteiger partial charge < -0.3 is 0 Å². The minimum atomic E-state index is 0.234. The predicted octanol–water partition coefficient (Wildman–Crippen LogP) is 6.09. The van der Waals surface area contributed by atoms with E-state index in [0.29, 0.717) is 0 Å². The third-order valence-corrected chi connectivity index (χ3v) is 8.35. The molecule has 4 aromatic heterocycles. The monoisotopic (exact) mass is 449 g/mol. The van der Waals surface area contributed by atoms with E-state index in [1.807, 2.05) is 18.5 Å². The van der Waals surface area contributed by atoms with Crippen LogP contribution in [0.1, 0.15) is 0 Å². The van der Waals surface area contributed by atoms with Crippen molar-refractivity contribution in [3.63, 3.8) is 0 Å². The summed E-state index contributed by atoms with van der Waals surface area (Å²) in [5.41, 5.74) is 3.57. The van der Waals surface area contributed by atoms with E-state index in [4.69, 9.17) is 9.97 Å². The van der Waals surface area contributed by atoms with Crippen LogP contribution in [0.5, 0.6) is 0 Å². The molecular weight excluding hydrogens is 433 g/mol. The summed E-state index contributed by atoms with van der Waals surface area (Å²) >= 11 is 0.234. The SMILES string of the molecule is c1ccc(-n2c3ccccc3c3c4cccnc4c4[se]c5ccccc5c4c32)nc1.